The number of aryl methyl sites for hydroxylation is 1. The Bertz CT molecular complexity index is 338. The Morgan fingerprint density at radius 3 is 2.00 bits per heavy atom. The molecule has 0 saturated heterocycles. The molecule has 0 aliphatic carbocycles. The molecule has 2 nitrogen and oxygen atoms in total. The van der Waals surface area contributed by atoms with Crippen LogP contribution >= 0.6 is 15.9 Å². The first-order valence-corrected chi connectivity index (χ1v) is 6.01. The molecule has 1 N–H and O–H groups in total. The lowest BCUT2D eigenvalue weighted by molar-refractivity contribution is 0.0691. The first-order chi connectivity index (χ1) is 7.54. The molecule has 1 aromatic rings. The van der Waals surface area contributed by atoms with Gasteiger partial charge in [-0.3, -0.25) is 0 Å². The zero-order valence-electron chi connectivity index (χ0n) is 10.3. The summed E-state index contributed by atoms with van der Waals surface area (Å²) in [4.78, 5) is 10.5. The second kappa shape index (κ2) is 9.33. The Kier molecular flexibility index (Phi) is 10.2. The SMILES string of the molecule is CC.CC.Cc1ccc(Br)c(F)c1C(=O)O. The van der Waals surface area contributed by atoms with Crippen LogP contribution in [0.15, 0.2) is 16.6 Å². The minimum Gasteiger partial charge on any atom is -0.478 e. The van der Waals surface area contributed by atoms with Gasteiger partial charge in [0, 0.05) is 0 Å². The van der Waals surface area contributed by atoms with Gasteiger partial charge < -0.3 is 5.11 Å². The van der Waals surface area contributed by atoms with Crippen LogP contribution in [-0.4, -0.2) is 11.1 Å². The van der Waals surface area contributed by atoms with Crippen LogP contribution in [-0.2, 0) is 0 Å². The highest BCUT2D eigenvalue weighted by Gasteiger charge is 2.15. The lowest BCUT2D eigenvalue weighted by Crippen LogP contribution is -2.03. The van der Waals surface area contributed by atoms with Gasteiger partial charge >= 0.3 is 5.97 Å². The van der Waals surface area contributed by atoms with E-state index in [1.165, 1.54) is 6.07 Å². The van der Waals surface area contributed by atoms with Crippen molar-refractivity contribution in [2.45, 2.75) is 34.6 Å². The summed E-state index contributed by atoms with van der Waals surface area (Å²) in [7, 11) is 0. The molecule has 92 valence electrons. The Morgan fingerprint density at radius 1 is 1.25 bits per heavy atom. The summed E-state index contributed by atoms with van der Waals surface area (Å²) in [5.41, 5.74) is 0.146. The molecule has 0 fully saturated rings. The van der Waals surface area contributed by atoms with Gasteiger partial charge in [0.15, 0.2) is 5.82 Å². The van der Waals surface area contributed by atoms with E-state index >= 15 is 0 Å². The molecule has 0 unspecified atom stereocenters. The lowest BCUT2D eigenvalue weighted by Gasteiger charge is -2.02. The van der Waals surface area contributed by atoms with Gasteiger partial charge in [0.2, 0.25) is 0 Å². The summed E-state index contributed by atoms with van der Waals surface area (Å²) in [5.74, 6) is -1.96. The average Bonchev–Trinajstić information content (AvgIpc) is 2.29. The van der Waals surface area contributed by atoms with E-state index in [1.807, 2.05) is 27.7 Å². The number of carboxylic acids is 1. The molecule has 0 spiro atoms. The zero-order chi connectivity index (χ0) is 13.3. The molecule has 0 aliphatic rings. The molecule has 0 amide bonds. The predicted molar refractivity (Wildman–Crippen MR) is 68.5 cm³/mol. The molecule has 0 saturated carbocycles. The monoisotopic (exact) mass is 292 g/mol. The maximum atomic E-state index is 13.1. The third-order valence-corrected chi connectivity index (χ3v) is 2.13. The van der Waals surface area contributed by atoms with Crippen LogP contribution in [0, 0.1) is 12.7 Å². The van der Waals surface area contributed by atoms with Crippen molar-refractivity contribution in [2.24, 2.45) is 0 Å². The van der Waals surface area contributed by atoms with Crippen LogP contribution < -0.4 is 0 Å². The van der Waals surface area contributed by atoms with Gasteiger partial charge in [0.25, 0.3) is 0 Å². The second-order valence-corrected chi connectivity index (χ2v) is 3.21. The third-order valence-electron chi connectivity index (χ3n) is 1.52. The number of hydrogen-bond acceptors (Lipinski definition) is 1. The standard InChI is InChI=1S/C8H6BrFO2.2C2H6/c1-4-2-3-5(9)7(10)6(4)8(11)12;2*1-2/h2-3H,1H3,(H,11,12);2*1-2H3. The highest BCUT2D eigenvalue weighted by Crippen LogP contribution is 2.21. The number of carboxylic acid groups (broad SMARTS) is 1. The van der Waals surface area contributed by atoms with Crippen LogP contribution in [0.3, 0.4) is 0 Å². The van der Waals surface area contributed by atoms with Crippen molar-refractivity contribution in [1.29, 1.82) is 0 Å². The van der Waals surface area contributed by atoms with Crippen molar-refractivity contribution < 1.29 is 14.3 Å². The van der Waals surface area contributed by atoms with Gasteiger partial charge in [-0.15, -0.1) is 0 Å². The first-order valence-electron chi connectivity index (χ1n) is 5.22. The Hall–Kier alpha value is -0.900. The summed E-state index contributed by atoms with van der Waals surface area (Å²) in [5, 5.41) is 8.61. The highest BCUT2D eigenvalue weighted by molar-refractivity contribution is 9.10. The summed E-state index contributed by atoms with van der Waals surface area (Å²) in [6.07, 6.45) is 0. The number of benzene rings is 1. The maximum Gasteiger partial charge on any atom is 0.338 e. The van der Waals surface area contributed by atoms with Gasteiger partial charge in [0.1, 0.15) is 0 Å². The predicted octanol–water partition coefficient (Wildman–Crippen LogP) is 4.65. The molecule has 0 bridgehead atoms. The Labute approximate surface area is 105 Å². The van der Waals surface area contributed by atoms with Crippen LogP contribution in [0.2, 0.25) is 0 Å². The topological polar surface area (TPSA) is 37.3 Å². The fourth-order valence-electron chi connectivity index (χ4n) is 0.910. The van der Waals surface area contributed by atoms with E-state index in [1.54, 1.807) is 13.0 Å². The Balaban J connectivity index is 0. The van der Waals surface area contributed by atoms with E-state index in [-0.39, 0.29) is 10.0 Å². The van der Waals surface area contributed by atoms with Gasteiger partial charge in [-0.1, -0.05) is 33.8 Å². The van der Waals surface area contributed by atoms with Crippen molar-refractivity contribution in [2.75, 3.05) is 0 Å². The van der Waals surface area contributed by atoms with E-state index in [9.17, 15) is 9.18 Å². The quantitative estimate of drug-likeness (QED) is 0.818. The minimum absolute atomic E-state index is 0.172. The molecule has 16 heavy (non-hydrogen) atoms. The zero-order valence-corrected chi connectivity index (χ0v) is 11.9. The maximum absolute atomic E-state index is 13.1. The molecule has 0 aliphatic heterocycles. The molecule has 0 heterocycles. The largest absolute Gasteiger partial charge is 0.478 e. The van der Waals surface area contributed by atoms with Crippen molar-refractivity contribution in [3.8, 4) is 0 Å². The summed E-state index contributed by atoms with van der Waals surface area (Å²) < 4.78 is 13.3. The normalized spacial score (nSPS) is 8.19. The average molecular weight is 293 g/mol. The van der Waals surface area contributed by atoms with E-state index < -0.39 is 11.8 Å². The van der Waals surface area contributed by atoms with Crippen LogP contribution in [0.5, 0.6) is 0 Å². The van der Waals surface area contributed by atoms with E-state index in [0.29, 0.717) is 5.56 Å². The van der Waals surface area contributed by atoms with Crippen molar-refractivity contribution in [3.63, 3.8) is 0 Å². The summed E-state index contributed by atoms with van der Waals surface area (Å²) in [6.45, 7) is 9.55. The summed E-state index contributed by atoms with van der Waals surface area (Å²) in [6, 6.07) is 3.04. The minimum atomic E-state index is -1.24. The number of carbonyl (C=O) groups is 1. The van der Waals surface area contributed by atoms with Crippen molar-refractivity contribution in [1.82, 2.24) is 0 Å². The van der Waals surface area contributed by atoms with E-state index in [0.717, 1.165) is 0 Å². The number of halogens is 2. The van der Waals surface area contributed by atoms with Crippen molar-refractivity contribution in [3.05, 3.63) is 33.5 Å². The number of rotatable bonds is 1. The van der Waals surface area contributed by atoms with E-state index in [2.05, 4.69) is 15.9 Å². The number of aromatic carboxylic acids is 1. The molecule has 0 atom stereocenters. The van der Waals surface area contributed by atoms with Crippen LogP contribution in [0.25, 0.3) is 0 Å². The summed E-state index contributed by atoms with van der Waals surface area (Å²) >= 11 is 2.91. The molecule has 1 aromatic carbocycles. The van der Waals surface area contributed by atoms with Crippen molar-refractivity contribution >= 4 is 21.9 Å². The fourth-order valence-corrected chi connectivity index (χ4v) is 1.24. The molecular weight excluding hydrogens is 275 g/mol. The van der Waals surface area contributed by atoms with Gasteiger partial charge in [-0.2, -0.15) is 0 Å². The van der Waals surface area contributed by atoms with Gasteiger partial charge in [-0.25, -0.2) is 9.18 Å². The lowest BCUT2D eigenvalue weighted by atomic mass is 10.1. The van der Waals surface area contributed by atoms with Gasteiger partial charge in [0.05, 0.1) is 10.0 Å². The second-order valence-electron chi connectivity index (χ2n) is 2.36. The molecular formula is C12H18BrFO2. The fraction of sp³-hybridized carbons (Fsp3) is 0.417. The smallest absolute Gasteiger partial charge is 0.338 e. The van der Waals surface area contributed by atoms with Crippen LogP contribution in [0.1, 0.15) is 43.6 Å². The molecule has 1 rings (SSSR count). The van der Waals surface area contributed by atoms with Gasteiger partial charge in [-0.05, 0) is 34.5 Å². The molecule has 0 radical (unpaired) electrons. The molecule has 4 heteroatoms. The highest BCUT2D eigenvalue weighted by atomic mass is 79.9. The first kappa shape index (κ1) is 17.5. The Morgan fingerprint density at radius 2 is 1.69 bits per heavy atom. The molecule has 0 aromatic heterocycles. The van der Waals surface area contributed by atoms with E-state index in [4.69, 9.17) is 5.11 Å². The van der Waals surface area contributed by atoms with Crippen LogP contribution in [0.4, 0.5) is 4.39 Å². The third kappa shape index (κ3) is 4.75. The number of hydrogen-bond donors (Lipinski definition) is 1.